The van der Waals surface area contributed by atoms with Gasteiger partial charge in [0, 0.05) is 31.9 Å². The van der Waals surface area contributed by atoms with Gasteiger partial charge in [-0.15, -0.1) is 0 Å². The molecule has 1 aliphatic rings. The average Bonchev–Trinajstić information content (AvgIpc) is 2.67. The van der Waals surface area contributed by atoms with Gasteiger partial charge in [0.25, 0.3) is 0 Å². The number of benzene rings is 1. The van der Waals surface area contributed by atoms with E-state index in [1.165, 1.54) is 11.8 Å². The second kappa shape index (κ2) is 9.06. The van der Waals surface area contributed by atoms with Gasteiger partial charge in [0.1, 0.15) is 11.6 Å². The van der Waals surface area contributed by atoms with Crippen molar-refractivity contribution < 1.29 is 14.6 Å². The van der Waals surface area contributed by atoms with E-state index >= 15 is 0 Å². The molecule has 144 valence electrons. The van der Waals surface area contributed by atoms with Crippen LogP contribution in [0.5, 0.6) is 5.75 Å². The van der Waals surface area contributed by atoms with E-state index in [2.05, 4.69) is 15.2 Å². The van der Waals surface area contributed by atoms with Crippen LogP contribution < -0.4 is 10.1 Å². The number of likely N-dealkylation sites (tertiary alicyclic amines) is 1. The standard InChI is InChI=1S/C20H24ClN3O3/c1-2-27-18-11-14(3-5-17(18)21)13-24-9-7-16(8-10-24)23-19-6-4-15(12-22-19)20(25)26/h3-6,11-12,16H,2,7-10,13H2,1H3,(H,22,23)(H,25,26). The van der Waals surface area contributed by atoms with E-state index < -0.39 is 5.97 Å². The van der Waals surface area contributed by atoms with Gasteiger partial charge in [-0.3, -0.25) is 4.90 Å². The number of nitrogens with one attached hydrogen (secondary N) is 1. The topological polar surface area (TPSA) is 74.7 Å². The van der Waals surface area contributed by atoms with E-state index in [-0.39, 0.29) is 5.56 Å². The Morgan fingerprint density at radius 3 is 2.74 bits per heavy atom. The number of hydrogen-bond acceptors (Lipinski definition) is 5. The number of carboxylic acid groups (broad SMARTS) is 1. The van der Waals surface area contributed by atoms with E-state index in [4.69, 9.17) is 21.4 Å². The van der Waals surface area contributed by atoms with E-state index in [1.54, 1.807) is 12.1 Å². The van der Waals surface area contributed by atoms with Crippen molar-refractivity contribution in [2.75, 3.05) is 25.0 Å². The molecule has 0 radical (unpaired) electrons. The van der Waals surface area contributed by atoms with Crippen LogP contribution in [0, 0.1) is 0 Å². The molecule has 0 bridgehead atoms. The van der Waals surface area contributed by atoms with Gasteiger partial charge >= 0.3 is 5.97 Å². The summed E-state index contributed by atoms with van der Waals surface area (Å²) in [6.45, 7) is 5.39. The first kappa shape index (κ1) is 19.5. The van der Waals surface area contributed by atoms with Gasteiger partial charge in [0.2, 0.25) is 0 Å². The third kappa shape index (κ3) is 5.34. The molecular weight excluding hydrogens is 366 g/mol. The number of pyridine rings is 1. The number of carboxylic acids is 1. The lowest BCUT2D eigenvalue weighted by atomic mass is 10.0. The van der Waals surface area contributed by atoms with E-state index in [0.717, 1.165) is 44.0 Å². The molecule has 27 heavy (non-hydrogen) atoms. The summed E-state index contributed by atoms with van der Waals surface area (Å²) in [5.41, 5.74) is 1.39. The Hall–Kier alpha value is -2.31. The normalized spacial score (nSPS) is 15.5. The zero-order valence-electron chi connectivity index (χ0n) is 15.3. The molecule has 0 atom stereocenters. The molecule has 2 aromatic rings. The maximum Gasteiger partial charge on any atom is 0.337 e. The Bertz CT molecular complexity index is 775. The number of ether oxygens (including phenoxy) is 1. The molecule has 0 unspecified atom stereocenters. The molecule has 1 aromatic carbocycles. The summed E-state index contributed by atoms with van der Waals surface area (Å²) in [6.07, 6.45) is 3.40. The van der Waals surface area contributed by atoms with Crippen molar-refractivity contribution in [1.29, 1.82) is 0 Å². The van der Waals surface area contributed by atoms with Gasteiger partial charge in [-0.1, -0.05) is 17.7 Å². The van der Waals surface area contributed by atoms with Crippen LogP contribution in [0.15, 0.2) is 36.5 Å². The third-order valence-corrected chi connectivity index (χ3v) is 4.96. The summed E-state index contributed by atoms with van der Waals surface area (Å²) in [4.78, 5) is 17.5. The molecule has 1 fully saturated rings. The Kier molecular flexibility index (Phi) is 6.53. The Labute approximate surface area is 164 Å². The van der Waals surface area contributed by atoms with Crippen molar-refractivity contribution in [2.45, 2.75) is 32.4 Å². The van der Waals surface area contributed by atoms with Crippen LogP contribution >= 0.6 is 11.6 Å². The molecule has 0 spiro atoms. The van der Waals surface area contributed by atoms with Crippen LogP contribution in [-0.4, -0.2) is 46.7 Å². The van der Waals surface area contributed by atoms with Crippen molar-refractivity contribution >= 4 is 23.4 Å². The molecule has 3 rings (SSSR count). The van der Waals surface area contributed by atoms with Gasteiger partial charge in [0.15, 0.2) is 0 Å². The minimum Gasteiger partial charge on any atom is -0.492 e. The van der Waals surface area contributed by atoms with Crippen LogP contribution in [0.1, 0.15) is 35.7 Å². The summed E-state index contributed by atoms with van der Waals surface area (Å²) >= 11 is 6.16. The summed E-state index contributed by atoms with van der Waals surface area (Å²) in [5.74, 6) is 0.499. The second-order valence-electron chi connectivity index (χ2n) is 6.63. The van der Waals surface area contributed by atoms with Crippen molar-refractivity contribution in [3.05, 3.63) is 52.7 Å². The molecular formula is C20H24ClN3O3. The zero-order chi connectivity index (χ0) is 19.2. The molecule has 0 aliphatic carbocycles. The highest BCUT2D eigenvalue weighted by Gasteiger charge is 2.20. The highest BCUT2D eigenvalue weighted by molar-refractivity contribution is 6.32. The number of piperidine rings is 1. The van der Waals surface area contributed by atoms with Crippen LogP contribution in [0.2, 0.25) is 5.02 Å². The van der Waals surface area contributed by atoms with Crippen LogP contribution in [0.3, 0.4) is 0 Å². The van der Waals surface area contributed by atoms with E-state index in [0.29, 0.717) is 17.7 Å². The predicted octanol–water partition coefficient (Wildman–Crippen LogP) is 3.91. The van der Waals surface area contributed by atoms with Crippen LogP contribution in [0.4, 0.5) is 5.82 Å². The Morgan fingerprint density at radius 1 is 1.33 bits per heavy atom. The lowest BCUT2D eigenvalue weighted by molar-refractivity contribution is 0.0696. The number of anilines is 1. The maximum absolute atomic E-state index is 10.9. The highest BCUT2D eigenvalue weighted by Crippen LogP contribution is 2.27. The predicted molar refractivity (Wildman–Crippen MR) is 106 cm³/mol. The van der Waals surface area contributed by atoms with Crippen molar-refractivity contribution in [3.8, 4) is 5.75 Å². The van der Waals surface area contributed by atoms with Gasteiger partial charge in [-0.2, -0.15) is 0 Å². The smallest absolute Gasteiger partial charge is 0.337 e. The van der Waals surface area contributed by atoms with Crippen LogP contribution in [0.25, 0.3) is 0 Å². The minimum atomic E-state index is -0.961. The molecule has 1 aromatic heterocycles. The summed E-state index contributed by atoms with van der Waals surface area (Å²) in [7, 11) is 0. The molecule has 7 heteroatoms. The molecule has 6 nitrogen and oxygen atoms in total. The van der Waals surface area contributed by atoms with Gasteiger partial charge in [-0.05, 0) is 49.6 Å². The van der Waals surface area contributed by atoms with Crippen LogP contribution in [-0.2, 0) is 6.54 Å². The van der Waals surface area contributed by atoms with Gasteiger partial charge in [-0.25, -0.2) is 9.78 Å². The van der Waals surface area contributed by atoms with Crippen molar-refractivity contribution in [2.24, 2.45) is 0 Å². The number of aromatic carboxylic acids is 1. The number of carbonyl (C=O) groups is 1. The molecule has 1 saturated heterocycles. The molecule has 1 aliphatic heterocycles. The fourth-order valence-corrected chi connectivity index (χ4v) is 3.39. The first-order chi connectivity index (χ1) is 13.0. The number of nitrogens with zero attached hydrogens (tertiary/aromatic N) is 2. The maximum atomic E-state index is 10.9. The summed E-state index contributed by atoms with van der Waals surface area (Å²) in [5, 5.41) is 13.0. The fraction of sp³-hybridized carbons (Fsp3) is 0.400. The SMILES string of the molecule is CCOc1cc(CN2CCC(Nc3ccc(C(=O)O)cn3)CC2)ccc1Cl. The zero-order valence-corrected chi connectivity index (χ0v) is 16.1. The largest absolute Gasteiger partial charge is 0.492 e. The first-order valence-corrected chi connectivity index (χ1v) is 9.52. The van der Waals surface area contributed by atoms with Crippen molar-refractivity contribution in [1.82, 2.24) is 9.88 Å². The lowest BCUT2D eigenvalue weighted by Crippen LogP contribution is -2.38. The summed E-state index contributed by atoms with van der Waals surface area (Å²) < 4.78 is 5.57. The Balaban J connectivity index is 1.50. The van der Waals surface area contributed by atoms with E-state index in [9.17, 15) is 4.79 Å². The number of hydrogen-bond donors (Lipinski definition) is 2. The van der Waals surface area contributed by atoms with Gasteiger partial charge < -0.3 is 15.2 Å². The summed E-state index contributed by atoms with van der Waals surface area (Å²) in [6, 6.07) is 9.59. The number of aromatic nitrogens is 1. The molecule has 2 N–H and O–H groups in total. The number of halogens is 1. The van der Waals surface area contributed by atoms with Crippen molar-refractivity contribution in [3.63, 3.8) is 0 Å². The lowest BCUT2D eigenvalue weighted by Gasteiger charge is -2.32. The average molecular weight is 390 g/mol. The molecule has 0 saturated carbocycles. The quantitative estimate of drug-likeness (QED) is 0.747. The minimum absolute atomic E-state index is 0.199. The monoisotopic (exact) mass is 389 g/mol. The number of rotatable bonds is 7. The van der Waals surface area contributed by atoms with E-state index in [1.807, 2.05) is 25.1 Å². The first-order valence-electron chi connectivity index (χ1n) is 9.14. The second-order valence-corrected chi connectivity index (χ2v) is 7.04. The molecule has 0 amide bonds. The fourth-order valence-electron chi connectivity index (χ4n) is 3.22. The highest BCUT2D eigenvalue weighted by atomic mass is 35.5. The third-order valence-electron chi connectivity index (χ3n) is 4.65. The molecule has 2 heterocycles. The Morgan fingerprint density at radius 2 is 2.11 bits per heavy atom. The van der Waals surface area contributed by atoms with Gasteiger partial charge in [0.05, 0.1) is 17.2 Å².